The van der Waals surface area contributed by atoms with Crippen molar-refractivity contribution in [3.05, 3.63) is 23.8 Å². The second-order valence-corrected chi connectivity index (χ2v) is 5.84. The van der Waals surface area contributed by atoms with Crippen LogP contribution >= 0.6 is 24.0 Å². The Morgan fingerprint density at radius 1 is 1.28 bits per heavy atom. The summed E-state index contributed by atoms with van der Waals surface area (Å²) in [7, 11) is 1.66. The lowest BCUT2D eigenvalue weighted by atomic mass is 10.2. The maximum absolute atomic E-state index is 8.95. The molecular formula is C18H30IN3O3. The Bertz CT molecular complexity index is 534. The minimum atomic E-state index is 0. The molecule has 1 aromatic carbocycles. The van der Waals surface area contributed by atoms with Crippen LogP contribution in [-0.2, 0) is 6.54 Å². The van der Waals surface area contributed by atoms with Gasteiger partial charge in [0.2, 0.25) is 0 Å². The van der Waals surface area contributed by atoms with Crippen LogP contribution in [0.15, 0.2) is 23.2 Å². The standard InChI is InChI=1S/C18H29N3O3.HI/c1-3-19-18(20-10-11-22)21-13-14-8-9-16(23-2)12-17(14)24-15-6-4-5-7-15;/h8-9,12,15,22H,3-7,10-11,13H2,1-2H3,(H2,19,20,21);1H. The molecule has 1 aliphatic rings. The molecule has 1 aliphatic carbocycles. The summed E-state index contributed by atoms with van der Waals surface area (Å²) < 4.78 is 11.5. The largest absolute Gasteiger partial charge is 0.497 e. The van der Waals surface area contributed by atoms with Crippen LogP contribution in [0.2, 0.25) is 0 Å². The lowest BCUT2D eigenvalue weighted by molar-refractivity contribution is 0.207. The first-order valence-corrected chi connectivity index (χ1v) is 8.73. The second-order valence-electron chi connectivity index (χ2n) is 5.84. The lowest BCUT2D eigenvalue weighted by Crippen LogP contribution is -2.38. The molecule has 1 saturated carbocycles. The highest BCUT2D eigenvalue weighted by Crippen LogP contribution is 2.30. The maximum atomic E-state index is 8.95. The first-order chi connectivity index (χ1) is 11.8. The van der Waals surface area contributed by atoms with Gasteiger partial charge in [0.25, 0.3) is 0 Å². The van der Waals surface area contributed by atoms with Gasteiger partial charge in [-0.15, -0.1) is 24.0 Å². The summed E-state index contributed by atoms with van der Waals surface area (Å²) in [5.74, 6) is 2.33. The molecule has 1 fully saturated rings. The number of aliphatic hydroxyl groups is 1. The molecule has 0 atom stereocenters. The average molecular weight is 463 g/mol. The van der Waals surface area contributed by atoms with E-state index in [0.717, 1.165) is 36.4 Å². The fourth-order valence-corrected chi connectivity index (χ4v) is 2.77. The van der Waals surface area contributed by atoms with Gasteiger partial charge in [0.15, 0.2) is 5.96 Å². The Labute approximate surface area is 167 Å². The van der Waals surface area contributed by atoms with Crippen molar-refractivity contribution in [1.29, 1.82) is 0 Å². The van der Waals surface area contributed by atoms with Crippen LogP contribution in [0.25, 0.3) is 0 Å². The van der Waals surface area contributed by atoms with E-state index in [1.165, 1.54) is 12.8 Å². The molecule has 7 heteroatoms. The Morgan fingerprint density at radius 3 is 2.68 bits per heavy atom. The van der Waals surface area contributed by atoms with Gasteiger partial charge in [-0.3, -0.25) is 0 Å². The molecule has 2 rings (SSSR count). The van der Waals surface area contributed by atoms with E-state index < -0.39 is 0 Å². The number of nitrogens with zero attached hydrogens (tertiary/aromatic N) is 1. The van der Waals surface area contributed by atoms with E-state index in [-0.39, 0.29) is 30.6 Å². The van der Waals surface area contributed by atoms with Gasteiger partial charge in [0, 0.05) is 24.7 Å². The van der Waals surface area contributed by atoms with Crippen LogP contribution in [-0.4, -0.2) is 44.0 Å². The van der Waals surface area contributed by atoms with Crippen molar-refractivity contribution >= 4 is 29.9 Å². The summed E-state index contributed by atoms with van der Waals surface area (Å²) in [5.41, 5.74) is 1.03. The van der Waals surface area contributed by atoms with Gasteiger partial charge >= 0.3 is 0 Å². The zero-order valence-corrected chi connectivity index (χ0v) is 17.4. The number of methoxy groups -OCH3 is 1. The zero-order chi connectivity index (χ0) is 17.2. The quantitative estimate of drug-likeness (QED) is 0.314. The number of halogens is 1. The summed E-state index contributed by atoms with van der Waals surface area (Å²) in [6.45, 7) is 3.83. The SMILES string of the molecule is CCNC(=NCc1ccc(OC)cc1OC1CCCC1)NCCO.I. The molecule has 0 heterocycles. The number of rotatable bonds is 8. The number of guanidine groups is 1. The number of nitrogens with one attached hydrogen (secondary N) is 2. The Hall–Kier alpha value is -1.22. The van der Waals surface area contributed by atoms with E-state index in [9.17, 15) is 0 Å². The summed E-state index contributed by atoms with van der Waals surface area (Å²) in [6, 6.07) is 5.87. The predicted octanol–water partition coefficient (Wildman–Crippen LogP) is 2.68. The average Bonchev–Trinajstić information content (AvgIpc) is 3.11. The Morgan fingerprint density at radius 2 is 2.04 bits per heavy atom. The molecule has 0 aliphatic heterocycles. The monoisotopic (exact) mass is 463 g/mol. The van der Waals surface area contributed by atoms with Crippen molar-refractivity contribution in [2.24, 2.45) is 4.99 Å². The molecule has 6 nitrogen and oxygen atoms in total. The summed E-state index contributed by atoms with van der Waals surface area (Å²) >= 11 is 0. The van der Waals surface area contributed by atoms with Crippen molar-refractivity contribution < 1.29 is 14.6 Å². The zero-order valence-electron chi connectivity index (χ0n) is 15.1. The molecule has 1 aromatic rings. The van der Waals surface area contributed by atoms with E-state index in [1.54, 1.807) is 7.11 Å². The van der Waals surface area contributed by atoms with Gasteiger partial charge in [-0.1, -0.05) is 0 Å². The minimum Gasteiger partial charge on any atom is -0.497 e. The van der Waals surface area contributed by atoms with Crippen molar-refractivity contribution in [2.45, 2.75) is 45.3 Å². The van der Waals surface area contributed by atoms with E-state index >= 15 is 0 Å². The van der Waals surface area contributed by atoms with Gasteiger partial charge in [-0.25, -0.2) is 4.99 Å². The van der Waals surface area contributed by atoms with Gasteiger partial charge < -0.3 is 25.2 Å². The molecule has 0 amide bonds. The fraction of sp³-hybridized carbons (Fsp3) is 0.611. The highest BCUT2D eigenvalue weighted by atomic mass is 127. The van der Waals surface area contributed by atoms with Crippen LogP contribution in [0.5, 0.6) is 11.5 Å². The molecule has 0 bridgehead atoms. The Kier molecular flexibility index (Phi) is 10.6. The number of ether oxygens (including phenoxy) is 2. The molecule has 25 heavy (non-hydrogen) atoms. The minimum absolute atomic E-state index is 0. The van der Waals surface area contributed by atoms with Gasteiger partial charge in [0.05, 0.1) is 26.4 Å². The Balaban J connectivity index is 0.00000312. The molecule has 3 N–H and O–H groups in total. The van der Waals surface area contributed by atoms with Gasteiger partial charge in [-0.05, 0) is 44.7 Å². The highest BCUT2D eigenvalue weighted by Gasteiger charge is 2.18. The summed E-state index contributed by atoms with van der Waals surface area (Å²) in [4.78, 5) is 4.57. The van der Waals surface area contributed by atoms with Crippen molar-refractivity contribution in [3.8, 4) is 11.5 Å². The van der Waals surface area contributed by atoms with E-state index in [0.29, 0.717) is 25.2 Å². The molecule has 0 radical (unpaired) electrons. The molecule has 0 spiro atoms. The van der Waals surface area contributed by atoms with Gasteiger partial charge in [-0.2, -0.15) is 0 Å². The number of hydrogen-bond acceptors (Lipinski definition) is 4. The summed E-state index contributed by atoms with van der Waals surface area (Å²) in [6.07, 6.45) is 4.98. The second kappa shape index (κ2) is 12.2. The van der Waals surface area contributed by atoms with Crippen molar-refractivity contribution in [2.75, 3.05) is 26.8 Å². The third-order valence-corrected chi connectivity index (χ3v) is 4.03. The fourth-order valence-electron chi connectivity index (χ4n) is 2.77. The molecule has 142 valence electrons. The molecule has 0 saturated heterocycles. The first kappa shape index (κ1) is 21.8. The summed E-state index contributed by atoms with van der Waals surface area (Å²) in [5, 5.41) is 15.2. The number of hydrogen-bond donors (Lipinski definition) is 3. The van der Waals surface area contributed by atoms with Crippen LogP contribution in [0.4, 0.5) is 0 Å². The third-order valence-electron chi connectivity index (χ3n) is 4.03. The van der Waals surface area contributed by atoms with Crippen LogP contribution < -0.4 is 20.1 Å². The third kappa shape index (κ3) is 7.27. The van der Waals surface area contributed by atoms with E-state index in [4.69, 9.17) is 14.6 Å². The first-order valence-electron chi connectivity index (χ1n) is 8.73. The maximum Gasteiger partial charge on any atom is 0.191 e. The van der Waals surface area contributed by atoms with Crippen molar-refractivity contribution in [1.82, 2.24) is 10.6 Å². The normalized spacial score (nSPS) is 14.8. The number of aliphatic hydroxyl groups excluding tert-OH is 1. The highest BCUT2D eigenvalue weighted by molar-refractivity contribution is 14.0. The predicted molar refractivity (Wildman–Crippen MR) is 111 cm³/mol. The topological polar surface area (TPSA) is 75.1 Å². The smallest absolute Gasteiger partial charge is 0.191 e. The lowest BCUT2D eigenvalue weighted by Gasteiger charge is -2.17. The molecule has 0 unspecified atom stereocenters. The van der Waals surface area contributed by atoms with E-state index in [2.05, 4.69) is 15.6 Å². The van der Waals surface area contributed by atoms with Crippen LogP contribution in [0.1, 0.15) is 38.2 Å². The molecule has 0 aromatic heterocycles. The number of benzene rings is 1. The molecular weight excluding hydrogens is 433 g/mol. The number of aliphatic imine (C=N–C) groups is 1. The van der Waals surface area contributed by atoms with Gasteiger partial charge in [0.1, 0.15) is 11.5 Å². The van der Waals surface area contributed by atoms with E-state index in [1.807, 2.05) is 25.1 Å². The van der Waals surface area contributed by atoms with Crippen molar-refractivity contribution in [3.63, 3.8) is 0 Å². The van der Waals surface area contributed by atoms with Crippen LogP contribution in [0.3, 0.4) is 0 Å². The van der Waals surface area contributed by atoms with Crippen LogP contribution in [0, 0.1) is 0 Å².